The number of primary amides is 1. The smallest absolute Gasteiger partial charge is 0.235 e. The van der Waals surface area contributed by atoms with Crippen LogP contribution in [0.5, 0.6) is 5.75 Å². The van der Waals surface area contributed by atoms with Crippen molar-refractivity contribution in [1.82, 2.24) is 4.90 Å². The number of Topliss-reactive ketones (excluding diaryl/α,β-unsaturated/α-hetero) is 4. The van der Waals surface area contributed by atoms with Crippen molar-refractivity contribution in [2.45, 2.75) is 24.5 Å². The lowest BCUT2D eigenvalue weighted by molar-refractivity contribution is -0.181. The Morgan fingerprint density at radius 2 is 1.84 bits per heavy atom. The van der Waals surface area contributed by atoms with Crippen molar-refractivity contribution in [3.05, 3.63) is 21.7 Å². The SMILES string of the molecule is CN(C)[C@@H]1C(=O)C(C(N)=O)C(=O)[C@@]2(O)C(=O)C3C(=O)c4c(cc(Br)c(N)c4O)C[C@H]3C[C@@H]12. The van der Waals surface area contributed by atoms with Crippen LogP contribution in [0.15, 0.2) is 10.5 Å². The molecule has 6 atom stereocenters. The highest BCUT2D eigenvalue weighted by molar-refractivity contribution is 9.10. The minimum absolute atomic E-state index is 0.00660. The highest BCUT2D eigenvalue weighted by atomic mass is 79.9. The number of nitrogen functional groups attached to an aromatic ring is 1. The molecule has 32 heavy (non-hydrogen) atoms. The molecule has 0 aromatic heterocycles. The second kappa shape index (κ2) is 7.19. The first-order valence-corrected chi connectivity index (χ1v) is 10.8. The quantitative estimate of drug-likeness (QED) is 0.226. The van der Waals surface area contributed by atoms with Crippen molar-refractivity contribution >= 4 is 50.7 Å². The molecule has 1 aromatic carbocycles. The van der Waals surface area contributed by atoms with Gasteiger partial charge in [0.1, 0.15) is 0 Å². The minimum atomic E-state index is -2.73. The maximum Gasteiger partial charge on any atom is 0.235 e. The van der Waals surface area contributed by atoms with E-state index in [1.165, 1.54) is 19.0 Å². The standard InChI is InChI=1S/C21H22BrN3O7/c1-25(2)14-8-4-6-3-7-5-9(22)13(23)16(27)10(7)15(26)11(6)18(29)21(8,32)19(30)12(17(14)28)20(24)31/h5-6,8,11-12,14,27,32H,3-4,23H2,1-2H3,(H2,24,31)/t6-,8-,11?,12?,14-,21-/m0/s1. The van der Waals surface area contributed by atoms with E-state index in [2.05, 4.69) is 15.9 Å². The Kier molecular flexibility index (Phi) is 5.07. The Bertz CT molecular complexity index is 1120. The van der Waals surface area contributed by atoms with Crippen molar-refractivity contribution in [3.8, 4) is 5.75 Å². The summed E-state index contributed by atoms with van der Waals surface area (Å²) < 4.78 is 0.386. The van der Waals surface area contributed by atoms with Gasteiger partial charge in [0, 0.05) is 10.4 Å². The van der Waals surface area contributed by atoms with E-state index in [4.69, 9.17) is 11.5 Å². The van der Waals surface area contributed by atoms with Gasteiger partial charge in [-0.1, -0.05) is 0 Å². The lowest BCUT2D eigenvalue weighted by Crippen LogP contribution is -2.74. The van der Waals surface area contributed by atoms with Crippen LogP contribution in [0.2, 0.25) is 0 Å². The second-order valence-corrected chi connectivity index (χ2v) is 9.80. The molecular weight excluding hydrogens is 486 g/mol. The Balaban J connectivity index is 1.88. The second-order valence-electron chi connectivity index (χ2n) is 8.94. The van der Waals surface area contributed by atoms with E-state index < -0.39 is 70.1 Å². The average molecular weight is 508 g/mol. The van der Waals surface area contributed by atoms with Gasteiger partial charge in [0.25, 0.3) is 0 Å². The molecule has 1 amide bonds. The number of anilines is 1. The van der Waals surface area contributed by atoms with Gasteiger partial charge in [0.15, 0.2) is 40.4 Å². The van der Waals surface area contributed by atoms with E-state index in [0.717, 1.165) is 0 Å². The molecule has 6 N–H and O–H groups in total. The number of phenolic OH excluding ortho intramolecular Hbond substituents is 1. The summed E-state index contributed by atoms with van der Waals surface area (Å²) in [4.78, 5) is 66.3. The molecule has 3 aliphatic rings. The Morgan fingerprint density at radius 3 is 2.41 bits per heavy atom. The largest absolute Gasteiger partial charge is 0.505 e. The first-order chi connectivity index (χ1) is 14.8. The molecule has 11 heteroatoms. The van der Waals surface area contributed by atoms with Crippen LogP contribution >= 0.6 is 15.9 Å². The van der Waals surface area contributed by atoms with Gasteiger partial charge in [-0.3, -0.25) is 28.9 Å². The topological polar surface area (TPSA) is 181 Å². The number of nitrogens with zero attached hydrogens (tertiary/aromatic N) is 1. The van der Waals surface area contributed by atoms with Crippen LogP contribution < -0.4 is 11.5 Å². The minimum Gasteiger partial charge on any atom is -0.505 e. The summed E-state index contributed by atoms with van der Waals surface area (Å²) in [5.74, 6) is -10.8. The zero-order valence-corrected chi connectivity index (χ0v) is 18.9. The molecule has 0 bridgehead atoms. The maximum absolute atomic E-state index is 13.6. The number of nitrogens with two attached hydrogens (primary N) is 2. The Morgan fingerprint density at radius 1 is 1.22 bits per heavy atom. The monoisotopic (exact) mass is 507 g/mol. The number of fused-ring (bicyclic) bond motifs is 3. The van der Waals surface area contributed by atoms with Gasteiger partial charge in [-0.15, -0.1) is 0 Å². The molecule has 2 saturated carbocycles. The molecule has 3 aliphatic carbocycles. The predicted octanol–water partition coefficient (Wildman–Crippen LogP) is -0.788. The van der Waals surface area contributed by atoms with Crippen LogP contribution in [0.1, 0.15) is 22.3 Å². The first kappa shape index (κ1) is 22.6. The molecule has 4 rings (SSSR count). The molecule has 0 aliphatic heterocycles. The van der Waals surface area contributed by atoms with Crippen molar-refractivity contribution in [3.63, 3.8) is 0 Å². The summed E-state index contributed by atoms with van der Waals surface area (Å²) >= 11 is 3.23. The van der Waals surface area contributed by atoms with Crippen LogP contribution in [-0.2, 0) is 25.6 Å². The lowest BCUT2D eigenvalue weighted by Gasteiger charge is -2.52. The molecule has 0 heterocycles. The fourth-order valence-corrected chi connectivity index (χ4v) is 6.11. The van der Waals surface area contributed by atoms with Gasteiger partial charge >= 0.3 is 0 Å². The maximum atomic E-state index is 13.6. The third-order valence-corrected chi connectivity index (χ3v) is 7.70. The molecule has 170 valence electrons. The Labute approximate surface area is 191 Å². The van der Waals surface area contributed by atoms with Gasteiger partial charge in [-0.25, -0.2) is 0 Å². The number of aromatic hydroxyl groups is 1. The number of hydrogen-bond acceptors (Lipinski definition) is 9. The van der Waals surface area contributed by atoms with E-state index in [9.17, 15) is 34.2 Å². The number of benzene rings is 1. The molecule has 10 nitrogen and oxygen atoms in total. The zero-order valence-electron chi connectivity index (χ0n) is 17.3. The van der Waals surface area contributed by atoms with Crippen LogP contribution in [0, 0.1) is 23.7 Å². The summed E-state index contributed by atoms with van der Waals surface area (Å²) in [6, 6.07) is 0.469. The zero-order chi connectivity index (χ0) is 23.9. The lowest BCUT2D eigenvalue weighted by atomic mass is 9.52. The summed E-state index contributed by atoms with van der Waals surface area (Å²) in [5, 5.41) is 21.9. The number of likely N-dealkylation sites (N-methyl/N-ethyl adjacent to an activating group) is 1. The highest BCUT2D eigenvalue weighted by Crippen LogP contribution is 2.51. The Hall–Kier alpha value is -2.63. The van der Waals surface area contributed by atoms with Crippen LogP contribution in [0.25, 0.3) is 0 Å². The van der Waals surface area contributed by atoms with Crippen LogP contribution in [-0.4, -0.2) is 69.9 Å². The van der Waals surface area contributed by atoms with E-state index in [0.29, 0.717) is 10.0 Å². The first-order valence-electron chi connectivity index (χ1n) is 9.98. The van der Waals surface area contributed by atoms with Gasteiger partial charge in [0.05, 0.1) is 23.2 Å². The van der Waals surface area contributed by atoms with E-state index in [1.54, 1.807) is 6.07 Å². The fourth-order valence-electron chi connectivity index (χ4n) is 5.64. The molecule has 2 fully saturated rings. The number of aliphatic hydroxyl groups is 1. The number of phenols is 1. The van der Waals surface area contributed by atoms with Gasteiger partial charge in [-0.05, 0) is 60.4 Å². The number of carbonyl (C=O) groups excluding carboxylic acids is 5. The normalized spacial score (nSPS) is 34.2. The van der Waals surface area contributed by atoms with E-state index >= 15 is 0 Å². The van der Waals surface area contributed by atoms with Gasteiger partial charge in [0.2, 0.25) is 5.91 Å². The summed E-state index contributed by atoms with van der Waals surface area (Å²) in [5.41, 5.74) is 8.62. The molecule has 0 radical (unpaired) electrons. The molecule has 0 saturated heterocycles. The molecular formula is C21H22BrN3O7. The van der Waals surface area contributed by atoms with Crippen molar-refractivity contribution in [2.24, 2.45) is 29.4 Å². The van der Waals surface area contributed by atoms with E-state index in [1.807, 2.05) is 0 Å². The fraction of sp³-hybridized carbons (Fsp3) is 0.476. The predicted molar refractivity (Wildman–Crippen MR) is 113 cm³/mol. The number of rotatable bonds is 2. The number of hydrogen-bond donors (Lipinski definition) is 4. The highest BCUT2D eigenvalue weighted by Gasteiger charge is 2.69. The summed E-state index contributed by atoms with van der Waals surface area (Å²) in [6.45, 7) is 0. The number of halogens is 1. The third-order valence-electron chi connectivity index (χ3n) is 7.04. The summed E-state index contributed by atoms with van der Waals surface area (Å²) in [6.07, 6.45) is 0.199. The number of ketones is 4. The van der Waals surface area contributed by atoms with Crippen molar-refractivity contribution < 1.29 is 34.2 Å². The third kappa shape index (κ3) is 2.74. The molecule has 2 unspecified atom stereocenters. The van der Waals surface area contributed by atoms with Gasteiger partial charge < -0.3 is 21.7 Å². The number of carbonyl (C=O) groups is 5. The van der Waals surface area contributed by atoms with Crippen LogP contribution in [0.3, 0.4) is 0 Å². The molecule has 1 aromatic rings. The summed E-state index contributed by atoms with van der Waals surface area (Å²) in [7, 11) is 3.07. The van der Waals surface area contributed by atoms with Crippen LogP contribution in [0.4, 0.5) is 5.69 Å². The number of amides is 1. The molecule has 0 spiro atoms. The average Bonchev–Trinajstić information content (AvgIpc) is 2.68. The van der Waals surface area contributed by atoms with E-state index in [-0.39, 0.29) is 24.1 Å². The van der Waals surface area contributed by atoms with Crippen molar-refractivity contribution in [1.29, 1.82) is 0 Å². The van der Waals surface area contributed by atoms with Crippen molar-refractivity contribution in [2.75, 3.05) is 19.8 Å². The van der Waals surface area contributed by atoms with Gasteiger partial charge in [-0.2, -0.15) is 0 Å².